The molecule has 0 aliphatic heterocycles. The Morgan fingerprint density at radius 2 is 1.68 bits per heavy atom. The van der Waals surface area contributed by atoms with E-state index in [9.17, 15) is 9.59 Å². The Hall–Kier alpha value is -3.08. The van der Waals surface area contributed by atoms with Gasteiger partial charge in [-0.25, -0.2) is 0 Å². The fraction of sp³-hybridized carbons (Fsp3) is 0.200. The molecule has 2 aromatic rings. The fourth-order valence-electron chi connectivity index (χ4n) is 1.93. The molecule has 0 unspecified atom stereocenters. The molecule has 0 aliphatic carbocycles. The van der Waals surface area contributed by atoms with E-state index in [4.69, 9.17) is 4.74 Å². The molecule has 0 bridgehead atoms. The third kappa shape index (κ3) is 6.51. The highest BCUT2D eigenvalue weighted by Gasteiger charge is 2.06. The van der Waals surface area contributed by atoms with Gasteiger partial charge in [0.15, 0.2) is 0 Å². The van der Waals surface area contributed by atoms with Crippen LogP contribution in [0.3, 0.4) is 0 Å². The van der Waals surface area contributed by atoms with Crippen LogP contribution in [0.15, 0.2) is 60.7 Å². The quantitative estimate of drug-likeness (QED) is 0.628. The number of benzene rings is 2. The Bertz CT molecular complexity index is 722. The van der Waals surface area contributed by atoms with Crippen LogP contribution in [0.25, 0.3) is 6.08 Å². The number of carbonyl (C=O) groups excluding carboxylic acids is 2. The predicted molar refractivity (Wildman–Crippen MR) is 97.9 cm³/mol. The first-order valence-corrected chi connectivity index (χ1v) is 8.11. The van der Waals surface area contributed by atoms with Crippen LogP contribution in [0.2, 0.25) is 0 Å². The van der Waals surface area contributed by atoms with Crippen molar-refractivity contribution in [3.8, 4) is 5.75 Å². The van der Waals surface area contributed by atoms with Crippen molar-refractivity contribution >= 4 is 17.9 Å². The Labute approximate surface area is 147 Å². The maximum absolute atomic E-state index is 12.0. The van der Waals surface area contributed by atoms with Gasteiger partial charge in [-0.3, -0.25) is 20.4 Å². The summed E-state index contributed by atoms with van der Waals surface area (Å²) in [7, 11) is 0. The largest absolute Gasteiger partial charge is 0.493 e. The number of amides is 2. The fourth-order valence-corrected chi connectivity index (χ4v) is 1.93. The standard InChI is InChI=1S/C20H22N2O3/c1-15(2)14-25-18-11-9-17(10-12-18)20(24)22-21-19(23)13-8-16-6-4-3-5-7-16/h3-13,15H,14H2,1-2H3,(H,21,23)(H,22,24)/b13-8+. The van der Waals surface area contributed by atoms with Gasteiger partial charge in [0, 0.05) is 11.6 Å². The lowest BCUT2D eigenvalue weighted by Gasteiger charge is -2.09. The van der Waals surface area contributed by atoms with Crippen LogP contribution in [-0.2, 0) is 4.79 Å². The summed E-state index contributed by atoms with van der Waals surface area (Å²) in [6, 6.07) is 16.2. The van der Waals surface area contributed by atoms with E-state index >= 15 is 0 Å². The van der Waals surface area contributed by atoms with Crippen molar-refractivity contribution in [2.24, 2.45) is 5.92 Å². The van der Waals surface area contributed by atoms with E-state index in [1.165, 1.54) is 6.08 Å². The lowest BCUT2D eigenvalue weighted by Crippen LogP contribution is -2.40. The molecule has 0 aromatic heterocycles. The molecule has 25 heavy (non-hydrogen) atoms. The zero-order chi connectivity index (χ0) is 18.1. The molecule has 0 fully saturated rings. The minimum Gasteiger partial charge on any atom is -0.493 e. The van der Waals surface area contributed by atoms with E-state index in [1.807, 2.05) is 30.3 Å². The molecule has 2 N–H and O–H groups in total. The van der Waals surface area contributed by atoms with Crippen LogP contribution in [-0.4, -0.2) is 18.4 Å². The molecule has 130 valence electrons. The van der Waals surface area contributed by atoms with Gasteiger partial charge in [-0.05, 0) is 41.8 Å². The summed E-state index contributed by atoms with van der Waals surface area (Å²) in [4.78, 5) is 23.7. The van der Waals surface area contributed by atoms with Gasteiger partial charge in [0.1, 0.15) is 5.75 Å². The van der Waals surface area contributed by atoms with Gasteiger partial charge in [0.05, 0.1) is 6.61 Å². The number of ether oxygens (including phenoxy) is 1. The first-order chi connectivity index (χ1) is 12.0. The van der Waals surface area contributed by atoms with E-state index < -0.39 is 11.8 Å². The number of hydrogen-bond acceptors (Lipinski definition) is 3. The molecule has 0 saturated heterocycles. The zero-order valence-corrected chi connectivity index (χ0v) is 14.4. The van der Waals surface area contributed by atoms with Crippen LogP contribution in [0.5, 0.6) is 5.75 Å². The molecule has 0 radical (unpaired) electrons. The van der Waals surface area contributed by atoms with E-state index in [1.54, 1.807) is 30.3 Å². The zero-order valence-electron chi connectivity index (χ0n) is 14.4. The summed E-state index contributed by atoms with van der Waals surface area (Å²) in [6.45, 7) is 4.75. The first-order valence-electron chi connectivity index (χ1n) is 8.11. The van der Waals surface area contributed by atoms with Crippen LogP contribution < -0.4 is 15.6 Å². The second kappa shape index (κ2) is 9.27. The smallest absolute Gasteiger partial charge is 0.269 e. The second-order valence-electron chi connectivity index (χ2n) is 5.92. The Kier molecular flexibility index (Phi) is 6.77. The minimum absolute atomic E-state index is 0.392. The topological polar surface area (TPSA) is 67.4 Å². The van der Waals surface area contributed by atoms with Gasteiger partial charge in [0.2, 0.25) is 0 Å². The molecule has 0 spiro atoms. The maximum Gasteiger partial charge on any atom is 0.269 e. The summed E-state index contributed by atoms with van der Waals surface area (Å²) in [6.07, 6.45) is 3.03. The first kappa shape index (κ1) is 18.3. The van der Waals surface area contributed by atoms with E-state index in [0.29, 0.717) is 23.8 Å². The SMILES string of the molecule is CC(C)COc1ccc(C(=O)NNC(=O)/C=C/c2ccccc2)cc1. The van der Waals surface area contributed by atoms with Gasteiger partial charge >= 0.3 is 0 Å². The van der Waals surface area contributed by atoms with E-state index in [0.717, 1.165) is 5.56 Å². The average Bonchev–Trinajstić information content (AvgIpc) is 2.64. The Morgan fingerprint density at radius 3 is 2.32 bits per heavy atom. The monoisotopic (exact) mass is 338 g/mol. The molecule has 0 saturated carbocycles. The van der Waals surface area contributed by atoms with Crippen molar-refractivity contribution in [3.63, 3.8) is 0 Å². The molecule has 2 rings (SSSR count). The number of rotatable bonds is 6. The third-order valence-electron chi connectivity index (χ3n) is 3.23. The number of hydrazine groups is 1. The van der Waals surface area contributed by atoms with Crippen molar-refractivity contribution in [2.45, 2.75) is 13.8 Å². The molecule has 0 atom stereocenters. The van der Waals surface area contributed by atoms with Crippen LogP contribution >= 0.6 is 0 Å². The molecule has 5 heteroatoms. The maximum atomic E-state index is 12.0. The molecular weight excluding hydrogens is 316 g/mol. The summed E-state index contributed by atoms with van der Waals surface area (Å²) >= 11 is 0. The van der Waals surface area contributed by atoms with Gasteiger partial charge in [-0.2, -0.15) is 0 Å². The van der Waals surface area contributed by atoms with Crippen molar-refractivity contribution in [1.82, 2.24) is 10.9 Å². The molecular formula is C20H22N2O3. The highest BCUT2D eigenvalue weighted by Crippen LogP contribution is 2.13. The average molecular weight is 338 g/mol. The van der Waals surface area contributed by atoms with Crippen molar-refractivity contribution < 1.29 is 14.3 Å². The number of nitrogens with one attached hydrogen (secondary N) is 2. The minimum atomic E-state index is -0.408. The number of hydrogen-bond donors (Lipinski definition) is 2. The normalized spacial score (nSPS) is 10.7. The van der Waals surface area contributed by atoms with E-state index in [2.05, 4.69) is 24.7 Å². The summed E-state index contributed by atoms with van der Waals surface area (Å²) < 4.78 is 5.56. The highest BCUT2D eigenvalue weighted by atomic mass is 16.5. The molecule has 2 aromatic carbocycles. The summed E-state index contributed by atoms with van der Waals surface area (Å²) in [5.41, 5.74) is 6.06. The Morgan fingerprint density at radius 1 is 1.00 bits per heavy atom. The summed E-state index contributed by atoms with van der Waals surface area (Å²) in [5.74, 6) is 0.341. The van der Waals surface area contributed by atoms with Crippen molar-refractivity contribution in [1.29, 1.82) is 0 Å². The second-order valence-corrected chi connectivity index (χ2v) is 5.92. The van der Waals surface area contributed by atoms with Crippen LogP contribution in [0, 0.1) is 5.92 Å². The van der Waals surface area contributed by atoms with Gasteiger partial charge in [-0.1, -0.05) is 44.2 Å². The summed E-state index contributed by atoms with van der Waals surface area (Å²) in [5, 5.41) is 0. The van der Waals surface area contributed by atoms with Gasteiger partial charge in [-0.15, -0.1) is 0 Å². The third-order valence-corrected chi connectivity index (χ3v) is 3.23. The van der Waals surface area contributed by atoms with Gasteiger partial charge in [0.25, 0.3) is 11.8 Å². The van der Waals surface area contributed by atoms with Crippen LogP contribution in [0.4, 0.5) is 0 Å². The van der Waals surface area contributed by atoms with Crippen LogP contribution in [0.1, 0.15) is 29.8 Å². The lowest BCUT2D eigenvalue weighted by molar-refractivity contribution is -0.117. The van der Waals surface area contributed by atoms with Crippen molar-refractivity contribution in [2.75, 3.05) is 6.61 Å². The Balaban J connectivity index is 1.81. The highest BCUT2D eigenvalue weighted by molar-refractivity contribution is 5.97. The molecule has 0 aliphatic rings. The molecule has 0 heterocycles. The van der Waals surface area contributed by atoms with Gasteiger partial charge < -0.3 is 4.74 Å². The molecule has 2 amide bonds. The molecule has 5 nitrogen and oxygen atoms in total. The van der Waals surface area contributed by atoms with E-state index in [-0.39, 0.29) is 0 Å². The lowest BCUT2D eigenvalue weighted by atomic mass is 10.2. The van der Waals surface area contributed by atoms with Crippen molar-refractivity contribution in [3.05, 3.63) is 71.8 Å². The number of carbonyl (C=O) groups is 2. The predicted octanol–water partition coefficient (Wildman–Crippen LogP) is 3.20.